The largest absolute Gasteiger partial charge is 0.444 e. The molecule has 3 atom stereocenters. The van der Waals surface area contributed by atoms with Crippen LogP contribution in [-0.2, 0) is 40.3 Å². The van der Waals surface area contributed by atoms with Crippen molar-refractivity contribution in [2.24, 2.45) is 5.92 Å². The summed E-state index contributed by atoms with van der Waals surface area (Å²) in [5.74, 6) is 0.306. The van der Waals surface area contributed by atoms with E-state index in [1.165, 1.54) is 11.3 Å². The van der Waals surface area contributed by atoms with E-state index >= 15 is 0 Å². The van der Waals surface area contributed by atoms with Crippen LogP contribution in [0.3, 0.4) is 0 Å². The second kappa shape index (κ2) is 21.5. The van der Waals surface area contributed by atoms with Crippen LogP contribution in [0.25, 0.3) is 0 Å². The van der Waals surface area contributed by atoms with Crippen LogP contribution in [0.15, 0.2) is 77.8 Å². The molecule has 11 nitrogen and oxygen atoms in total. The lowest BCUT2D eigenvalue weighted by Gasteiger charge is -2.29. The molecular formula is C40H52N6O5S2. The van der Waals surface area contributed by atoms with Crippen molar-refractivity contribution in [1.82, 2.24) is 30.8 Å². The first-order valence-electron chi connectivity index (χ1n) is 18.5. The highest BCUT2D eigenvalue weighted by atomic mass is 32.1. The first kappa shape index (κ1) is 40.0. The van der Waals surface area contributed by atoms with Gasteiger partial charge in [-0.15, -0.1) is 22.7 Å². The molecule has 3 amide bonds. The Bertz CT molecular complexity index is 1670. The number of rotatable bonds is 20. The molecule has 0 spiro atoms. The zero-order valence-corrected chi connectivity index (χ0v) is 32.3. The molecule has 53 heavy (non-hydrogen) atoms. The zero-order valence-electron chi connectivity index (χ0n) is 30.7. The summed E-state index contributed by atoms with van der Waals surface area (Å²) in [5.41, 5.74) is 4.76. The second-order valence-corrected chi connectivity index (χ2v) is 15.7. The molecule has 1 aliphatic heterocycles. The number of aromatic nitrogens is 2. The van der Waals surface area contributed by atoms with Crippen LogP contribution < -0.4 is 16.0 Å². The maximum atomic E-state index is 14.2. The predicted molar refractivity (Wildman–Crippen MR) is 209 cm³/mol. The molecule has 3 unspecified atom stereocenters. The van der Waals surface area contributed by atoms with Crippen LogP contribution in [0.2, 0.25) is 0 Å². The fourth-order valence-corrected chi connectivity index (χ4v) is 7.71. The number of carbonyl (C=O) groups is 3. The normalized spacial score (nSPS) is 15.0. The Labute approximate surface area is 320 Å². The van der Waals surface area contributed by atoms with E-state index in [0.29, 0.717) is 70.7 Å². The summed E-state index contributed by atoms with van der Waals surface area (Å²) in [6.07, 6.45) is 4.68. The lowest BCUT2D eigenvalue weighted by Crippen LogP contribution is -2.48. The van der Waals surface area contributed by atoms with E-state index in [0.717, 1.165) is 39.8 Å². The number of morpholine rings is 1. The third-order valence-electron chi connectivity index (χ3n) is 9.28. The number of thiazole rings is 2. The lowest BCUT2D eigenvalue weighted by atomic mass is 9.86. The number of amides is 3. The molecule has 1 saturated heterocycles. The number of ether oxygens (including phenoxy) is 2. The van der Waals surface area contributed by atoms with Gasteiger partial charge >= 0.3 is 12.1 Å². The number of benzene rings is 2. The van der Waals surface area contributed by atoms with Gasteiger partial charge in [0.1, 0.15) is 6.61 Å². The van der Waals surface area contributed by atoms with E-state index in [4.69, 9.17) is 9.47 Å². The first-order valence-corrected chi connectivity index (χ1v) is 20.3. The van der Waals surface area contributed by atoms with Crippen LogP contribution in [-0.4, -0.2) is 77.7 Å². The van der Waals surface area contributed by atoms with Crippen LogP contribution in [0.5, 0.6) is 0 Å². The number of nitrogens with one attached hydrogen (secondary N) is 3. The van der Waals surface area contributed by atoms with Gasteiger partial charge in [0.25, 0.3) is 0 Å². The smallest absolute Gasteiger partial charge is 0.407 e. The Hall–Kier alpha value is -4.17. The van der Waals surface area contributed by atoms with Gasteiger partial charge in [0.2, 0.25) is 0 Å². The summed E-state index contributed by atoms with van der Waals surface area (Å²) in [4.78, 5) is 52.2. The van der Waals surface area contributed by atoms with Crippen molar-refractivity contribution in [3.63, 3.8) is 0 Å². The van der Waals surface area contributed by atoms with E-state index in [9.17, 15) is 14.4 Å². The van der Waals surface area contributed by atoms with Crippen LogP contribution in [0.1, 0.15) is 72.2 Å². The van der Waals surface area contributed by atoms with E-state index in [1.807, 2.05) is 41.8 Å². The lowest BCUT2D eigenvalue weighted by molar-refractivity contribution is -0.122. The van der Waals surface area contributed by atoms with E-state index < -0.39 is 12.1 Å². The van der Waals surface area contributed by atoms with Crippen molar-refractivity contribution in [3.05, 3.63) is 104 Å². The minimum atomic E-state index is -0.655. The van der Waals surface area contributed by atoms with Gasteiger partial charge in [-0.25, -0.2) is 14.6 Å². The van der Waals surface area contributed by atoms with Crippen molar-refractivity contribution in [2.75, 3.05) is 32.8 Å². The van der Waals surface area contributed by atoms with Gasteiger partial charge in [-0.2, -0.15) is 0 Å². The van der Waals surface area contributed by atoms with Gasteiger partial charge in [-0.3, -0.25) is 14.7 Å². The number of urea groups is 1. The molecule has 5 rings (SSSR count). The summed E-state index contributed by atoms with van der Waals surface area (Å²) in [6.45, 7) is 8.25. The summed E-state index contributed by atoms with van der Waals surface area (Å²) in [5, 5.41) is 12.0. The molecule has 2 aromatic heterocycles. The van der Waals surface area contributed by atoms with Crippen LogP contribution >= 0.6 is 22.7 Å². The standard InChI is InChI=1S/C40H52N6O5S2/c1-29(2)38-43-34(27-52-38)24-42-39(48)45-36(15-16-46-17-19-50-20-18-46)37(47)23-32(21-30-9-5-3-6-10-30)13-14-33(22-31-11-7-4-8-12-31)44-40(49)51-26-35-25-41-28-53-35/h3-12,25,27-29,32-33,36H,13-24,26H2,1-2H3,(H,44,49)(H2,42,45,48). The molecule has 0 saturated carbocycles. The molecule has 0 aliphatic carbocycles. The van der Waals surface area contributed by atoms with E-state index in [1.54, 1.807) is 23.0 Å². The Morgan fingerprint density at radius 3 is 2.28 bits per heavy atom. The third-order valence-corrected chi connectivity index (χ3v) is 11.2. The maximum absolute atomic E-state index is 14.2. The number of nitrogens with zero attached hydrogens (tertiary/aromatic N) is 3. The summed E-state index contributed by atoms with van der Waals surface area (Å²) >= 11 is 3.03. The topological polar surface area (TPSA) is 135 Å². The molecule has 3 N–H and O–H groups in total. The molecule has 3 heterocycles. The van der Waals surface area contributed by atoms with Gasteiger partial charge in [0.15, 0.2) is 5.78 Å². The number of hydrogen-bond acceptors (Lipinski definition) is 10. The molecule has 4 aromatic rings. The van der Waals surface area contributed by atoms with Crippen molar-refractivity contribution in [2.45, 2.75) is 83.5 Å². The van der Waals surface area contributed by atoms with Gasteiger partial charge < -0.3 is 25.4 Å². The quantitative estimate of drug-likeness (QED) is 0.0902. The Kier molecular flexibility index (Phi) is 16.2. The zero-order chi connectivity index (χ0) is 37.3. The van der Waals surface area contributed by atoms with Crippen LogP contribution in [0.4, 0.5) is 9.59 Å². The number of hydrogen-bond donors (Lipinski definition) is 3. The highest BCUT2D eigenvalue weighted by Crippen LogP contribution is 2.23. The summed E-state index contributed by atoms with van der Waals surface area (Å²) in [6, 6.07) is 19.0. The number of ketones is 1. The fourth-order valence-electron chi connectivity index (χ4n) is 6.37. The van der Waals surface area contributed by atoms with Crippen molar-refractivity contribution < 1.29 is 23.9 Å². The van der Waals surface area contributed by atoms with Crippen LogP contribution in [0, 0.1) is 5.92 Å². The average molecular weight is 761 g/mol. The molecule has 13 heteroatoms. The minimum absolute atomic E-state index is 0.00151. The predicted octanol–water partition coefficient (Wildman–Crippen LogP) is 6.75. The number of carbonyl (C=O) groups excluding carboxylic acids is 3. The monoisotopic (exact) mass is 760 g/mol. The minimum Gasteiger partial charge on any atom is -0.444 e. The molecular weight excluding hydrogens is 709 g/mol. The second-order valence-electron chi connectivity index (χ2n) is 13.8. The van der Waals surface area contributed by atoms with Gasteiger partial charge in [0, 0.05) is 49.6 Å². The SMILES string of the molecule is CC(C)c1nc(CNC(=O)NC(CCN2CCOCC2)C(=O)CC(CCC(Cc2ccccc2)NC(=O)OCc2cncs2)Cc2ccccc2)cs1. The fraction of sp³-hybridized carbons (Fsp3) is 0.475. The number of Topliss-reactive ketones (excluding diaryl/α,β-unsaturated/α-hetero) is 1. The average Bonchev–Trinajstić information content (AvgIpc) is 3.88. The molecule has 284 valence electrons. The van der Waals surface area contributed by atoms with E-state index in [2.05, 4.69) is 68.9 Å². The highest BCUT2D eigenvalue weighted by Gasteiger charge is 2.27. The number of alkyl carbamates (subject to hydrolysis) is 1. The van der Waals surface area contributed by atoms with Crippen molar-refractivity contribution in [3.8, 4) is 0 Å². The molecule has 1 fully saturated rings. The first-order chi connectivity index (χ1) is 25.8. The maximum Gasteiger partial charge on any atom is 0.407 e. The summed E-state index contributed by atoms with van der Waals surface area (Å²) < 4.78 is 11.1. The molecule has 2 aromatic carbocycles. The van der Waals surface area contributed by atoms with Gasteiger partial charge in [0.05, 0.1) is 46.9 Å². The molecule has 1 aliphatic rings. The van der Waals surface area contributed by atoms with Gasteiger partial charge in [-0.1, -0.05) is 74.5 Å². The Balaban J connectivity index is 1.26. The summed E-state index contributed by atoms with van der Waals surface area (Å²) in [7, 11) is 0. The van der Waals surface area contributed by atoms with Crippen molar-refractivity contribution in [1.29, 1.82) is 0 Å². The Morgan fingerprint density at radius 1 is 0.906 bits per heavy atom. The van der Waals surface area contributed by atoms with E-state index in [-0.39, 0.29) is 30.4 Å². The van der Waals surface area contributed by atoms with Crippen molar-refractivity contribution >= 4 is 40.6 Å². The molecule has 0 bridgehead atoms. The molecule has 0 radical (unpaired) electrons. The Morgan fingerprint density at radius 2 is 1.62 bits per heavy atom. The van der Waals surface area contributed by atoms with Gasteiger partial charge in [-0.05, 0) is 49.1 Å². The third kappa shape index (κ3) is 14.3. The highest BCUT2D eigenvalue weighted by molar-refractivity contribution is 7.09.